The van der Waals surface area contributed by atoms with E-state index < -0.39 is 0 Å². The monoisotopic (exact) mass is 407 g/mol. The van der Waals surface area contributed by atoms with Crippen LogP contribution in [0, 0.1) is 11.8 Å². The number of amides is 1. The molecular formula is C20H26ClN3O2S. The number of benzene rings is 1. The molecule has 0 radical (unpaired) electrons. The molecule has 27 heavy (non-hydrogen) atoms. The molecule has 0 saturated carbocycles. The van der Waals surface area contributed by atoms with Gasteiger partial charge in [0.2, 0.25) is 11.8 Å². The molecule has 5 nitrogen and oxygen atoms in total. The van der Waals surface area contributed by atoms with Crippen molar-refractivity contribution in [3.05, 3.63) is 42.3 Å². The molecule has 146 valence electrons. The molecule has 4 rings (SSSR count). The summed E-state index contributed by atoms with van der Waals surface area (Å²) in [4.78, 5) is 19.1. The predicted octanol–water partition coefficient (Wildman–Crippen LogP) is 3.45. The van der Waals surface area contributed by atoms with Crippen LogP contribution in [0.1, 0.15) is 18.5 Å². The van der Waals surface area contributed by atoms with Crippen molar-refractivity contribution in [2.45, 2.75) is 18.6 Å². The van der Waals surface area contributed by atoms with Gasteiger partial charge in [0.15, 0.2) is 0 Å². The summed E-state index contributed by atoms with van der Waals surface area (Å²) in [5, 5.41) is 3.48. The number of nitrogens with zero attached hydrogens (tertiary/aromatic N) is 2. The summed E-state index contributed by atoms with van der Waals surface area (Å²) >= 11 is 1.62. The number of carbonyl (C=O) groups is 1. The number of aromatic nitrogens is 1. The summed E-state index contributed by atoms with van der Waals surface area (Å²) in [5.74, 6) is 3.63. The molecule has 0 spiro atoms. The van der Waals surface area contributed by atoms with Gasteiger partial charge >= 0.3 is 0 Å². The molecule has 2 saturated heterocycles. The minimum Gasteiger partial charge on any atom is -0.444 e. The minimum atomic E-state index is 0. The molecule has 1 aromatic heterocycles. The second kappa shape index (κ2) is 9.62. The Hall–Kier alpha value is -1.50. The third-order valence-corrected chi connectivity index (χ3v) is 6.37. The van der Waals surface area contributed by atoms with E-state index >= 15 is 0 Å². The second-order valence-electron chi connectivity index (χ2n) is 7.14. The molecule has 1 amide bonds. The summed E-state index contributed by atoms with van der Waals surface area (Å²) in [6.07, 6.45) is 3.97. The maximum atomic E-state index is 12.5. The SMILES string of the molecule is Cl.O=C(CSCc1coc(-c2ccccc2)n1)N1CC[C@@H]2CNC[C@@H]2CC1. The zero-order valence-corrected chi connectivity index (χ0v) is 16.9. The molecular weight excluding hydrogens is 382 g/mol. The summed E-state index contributed by atoms with van der Waals surface area (Å²) < 4.78 is 5.56. The van der Waals surface area contributed by atoms with E-state index in [-0.39, 0.29) is 18.3 Å². The van der Waals surface area contributed by atoms with E-state index in [2.05, 4.69) is 15.2 Å². The molecule has 0 unspecified atom stereocenters. The first-order valence-electron chi connectivity index (χ1n) is 9.35. The van der Waals surface area contributed by atoms with Crippen molar-refractivity contribution in [2.24, 2.45) is 11.8 Å². The lowest BCUT2D eigenvalue weighted by atomic mass is 9.92. The van der Waals surface area contributed by atoms with Crippen LogP contribution < -0.4 is 5.32 Å². The predicted molar refractivity (Wildman–Crippen MR) is 111 cm³/mol. The standard InChI is InChI=1S/C20H25N3O2S.ClH/c24-19(23-8-6-16-10-21-11-17(16)7-9-23)14-26-13-18-12-25-20(22-18)15-4-2-1-3-5-15;/h1-5,12,16-17,21H,6-11,13-14H2;1H/t16-,17+;. The van der Waals surface area contributed by atoms with Crippen LogP contribution in [0.3, 0.4) is 0 Å². The summed E-state index contributed by atoms with van der Waals surface area (Å²) in [6, 6.07) is 9.88. The Morgan fingerprint density at radius 2 is 1.89 bits per heavy atom. The molecule has 2 atom stereocenters. The first kappa shape index (κ1) is 20.2. The van der Waals surface area contributed by atoms with Gasteiger partial charge in [-0.3, -0.25) is 4.79 Å². The maximum absolute atomic E-state index is 12.5. The van der Waals surface area contributed by atoms with Gasteiger partial charge in [0.05, 0.1) is 11.4 Å². The van der Waals surface area contributed by atoms with Gasteiger partial charge in [-0.15, -0.1) is 24.2 Å². The van der Waals surface area contributed by atoms with Crippen LogP contribution in [0.5, 0.6) is 0 Å². The van der Waals surface area contributed by atoms with E-state index in [1.165, 1.54) is 0 Å². The quantitative estimate of drug-likeness (QED) is 0.822. The van der Waals surface area contributed by atoms with Gasteiger partial charge in [-0.2, -0.15) is 0 Å². The number of hydrogen-bond acceptors (Lipinski definition) is 5. The van der Waals surface area contributed by atoms with E-state index in [1.807, 2.05) is 30.3 Å². The lowest BCUT2D eigenvalue weighted by molar-refractivity contribution is -0.128. The van der Waals surface area contributed by atoms with Crippen LogP contribution in [0.15, 0.2) is 41.0 Å². The molecule has 0 bridgehead atoms. The first-order chi connectivity index (χ1) is 12.8. The maximum Gasteiger partial charge on any atom is 0.232 e. The van der Waals surface area contributed by atoms with Crippen molar-refractivity contribution in [1.82, 2.24) is 15.2 Å². The molecule has 0 aliphatic carbocycles. The number of hydrogen-bond donors (Lipinski definition) is 1. The minimum absolute atomic E-state index is 0. The van der Waals surface area contributed by atoms with Crippen molar-refractivity contribution in [1.29, 1.82) is 0 Å². The van der Waals surface area contributed by atoms with Crippen molar-refractivity contribution in [2.75, 3.05) is 31.9 Å². The van der Waals surface area contributed by atoms with Gasteiger partial charge in [-0.1, -0.05) is 18.2 Å². The molecule has 2 fully saturated rings. The van der Waals surface area contributed by atoms with Crippen LogP contribution in [0.4, 0.5) is 0 Å². The summed E-state index contributed by atoms with van der Waals surface area (Å²) in [6.45, 7) is 4.06. The third kappa shape index (κ3) is 5.06. The Bertz CT molecular complexity index is 726. The largest absolute Gasteiger partial charge is 0.444 e. The van der Waals surface area contributed by atoms with Crippen molar-refractivity contribution in [3.8, 4) is 11.5 Å². The highest BCUT2D eigenvalue weighted by Crippen LogP contribution is 2.27. The molecule has 7 heteroatoms. The van der Waals surface area contributed by atoms with E-state index in [4.69, 9.17) is 4.42 Å². The Morgan fingerprint density at radius 3 is 2.59 bits per heavy atom. The number of carbonyl (C=O) groups excluding carboxylic acids is 1. The highest BCUT2D eigenvalue weighted by atomic mass is 35.5. The van der Waals surface area contributed by atoms with E-state index in [0.29, 0.717) is 17.4 Å². The first-order valence-corrected chi connectivity index (χ1v) is 10.5. The van der Waals surface area contributed by atoms with Crippen LogP contribution in [0.2, 0.25) is 0 Å². The van der Waals surface area contributed by atoms with Gasteiger partial charge in [0.1, 0.15) is 6.26 Å². The van der Waals surface area contributed by atoms with Crippen molar-refractivity contribution >= 4 is 30.1 Å². The van der Waals surface area contributed by atoms with Gasteiger partial charge < -0.3 is 14.6 Å². The molecule has 2 aliphatic rings. The van der Waals surface area contributed by atoms with E-state index in [1.54, 1.807) is 18.0 Å². The Balaban J connectivity index is 0.00000210. The number of fused-ring (bicyclic) bond motifs is 1. The number of oxazole rings is 1. The topological polar surface area (TPSA) is 58.4 Å². The van der Waals surface area contributed by atoms with Crippen LogP contribution in [0.25, 0.3) is 11.5 Å². The van der Waals surface area contributed by atoms with Crippen LogP contribution >= 0.6 is 24.2 Å². The van der Waals surface area contributed by atoms with Gasteiger partial charge in [-0.05, 0) is 49.9 Å². The lowest BCUT2D eigenvalue weighted by Gasteiger charge is -2.20. The summed E-state index contributed by atoms with van der Waals surface area (Å²) in [5.41, 5.74) is 1.86. The van der Waals surface area contributed by atoms with Crippen molar-refractivity contribution < 1.29 is 9.21 Å². The number of halogens is 1. The Morgan fingerprint density at radius 1 is 1.19 bits per heavy atom. The zero-order chi connectivity index (χ0) is 17.8. The summed E-state index contributed by atoms with van der Waals surface area (Å²) in [7, 11) is 0. The molecule has 1 aromatic carbocycles. The van der Waals surface area contributed by atoms with Gasteiger partial charge in [0.25, 0.3) is 0 Å². The fourth-order valence-electron chi connectivity index (χ4n) is 3.89. The number of likely N-dealkylation sites (tertiary alicyclic amines) is 1. The van der Waals surface area contributed by atoms with Crippen molar-refractivity contribution in [3.63, 3.8) is 0 Å². The van der Waals surface area contributed by atoms with Gasteiger partial charge in [0, 0.05) is 24.4 Å². The number of nitrogens with one attached hydrogen (secondary N) is 1. The average Bonchev–Trinajstić information content (AvgIpc) is 3.28. The molecule has 2 aromatic rings. The molecule has 2 aliphatic heterocycles. The third-order valence-electron chi connectivity index (χ3n) is 5.42. The number of rotatable bonds is 5. The van der Waals surface area contributed by atoms with Crippen LogP contribution in [-0.4, -0.2) is 47.7 Å². The van der Waals surface area contributed by atoms with Crippen LogP contribution in [-0.2, 0) is 10.5 Å². The Kier molecular flexibility index (Phi) is 7.21. The fourth-order valence-corrected chi connectivity index (χ4v) is 4.69. The zero-order valence-electron chi connectivity index (χ0n) is 15.3. The fraction of sp³-hybridized carbons (Fsp3) is 0.500. The average molecular weight is 408 g/mol. The van der Waals surface area contributed by atoms with E-state index in [0.717, 1.165) is 62.1 Å². The van der Waals surface area contributed by atoms with Gasteiger partial charge in [-0.25, -0.2) is 4.98 Å². The second-order valence-corrected chi connectivity index (χ2v) is 8.12. The van der Waals surface area contributed by atoms with E-state index in [9.17, 15) is 4.79 Å². The highest BCUT2D eigenvalue weighted by molar-refractivity contribution is 7.99. The normalized spacial score (nSPS) is 22.0. The Labute approximate surface area is 170 Å². The molecule has 3 heterocycles. The highest BCUT2D eigenvalue weighted by Gasteiger charge is 2.31. The number of thioether (sulfide) groups is 1. The lowest BCUT2D eigenvalue weighted by Crippen LogP contribution is -2.34. The smallest absolute Gasteiger partial charge is 0.232 e. The molecule has 1 N–H and O–H groups in total.